The minimum Gasteiger partial charge on any atom is -0.462 e. The first-order valence-electron chi connectivity index (χ1n) is 7.86. The molecule has 1 amide bonds. The maximum absolute atomic E-state index is 12.9. The van der Waals surface area contributed by atoms with E-state index >= 15 is 0 Å². The van der Waals surface area contributed by atoms with Crippen LogP contribution in [0.5, 0.6) is 0 Å². The van der Waals surface area contributed by atoms with Crippen molar-refractivity contribution in [3.8, 4) is 0 Å². The number of nitrogens with one attached hydrogen (secondary N) is 1. The summed E-state index contributed by atoms with van der Waals surface area (Å²) >= 11 is 1.30. The van der Waals surface area contributed by atoms with Crippen molar-refractivity contribution in [2.75, 3.05) is 18.2 Å². The molecule has 2 aromatic rings. The molecule has 0 saturated heterocycles. The van der Waals surface area contributed by atoms with Crippen molar-refractivity contribution in [3.05, 3.63) is 22.0 Å². The molecule has 1 N–H and O–H groups in total. The lowest BCUT2D eigenvalue weighted by atomic mass is 10.2. The summed E-state index contributed by atoms with van der Waals surface area (Å²) in [5.41, 5.74) is -0.282. The number of esters is 1. The number of anilines is 1. The first kappa shape index (κ1) is 18.9. The zero-order valence-electron chi connectivity index (χ0n) is 14.6. The van der Waals surface area contributed by atoms with Crippen LogP contribution in [0.1, 0.15) is 37.6 Å². The highest BCUT2D eigenvalue weighted by atomic mass is 32.2. The number of carbonyl (C=O) groups excluding carboxylic acids is 2. The normalized spacial score (nSPS) is 10.7. The Balaban J connectivity index is 2.88. The minimum atomic E-state index is -0.707. The van der Waals surface area contributed by atoms with Crippen molar-refractivity contribution >= 4 is 40.5 Å². The molecule has 25 heavy (non-hydrogen) atoms. The quantitative estimate of drug-likeness (QED) is 0.475. The Morgan fingerprint density at radius 3 is 2.60 bits per heavy atom. The number of hydrogen-bond acceptors (Lipinski definition) is 7. The molecule has 134 valence electrons. The first-order valence-corrected chi connectivity index (χ1v) is 9.09. The van der Waals surface area contributed by atoms with E-state index < -0.39 is 11.4 Å². The van der Waals surface area contributed by atoms with Crippen LogP contribution in [0.3, 0.4) is 0 Å². The number of carbonyl (C=O) groups is 2. The van der Waals surface area contributed by atoms with Crippen molar-refractivity contribution in [3.63, 3.8) is 0 Å². The molecular formula is C16H20N4O4S. The van der Waals surface area contributed by atoms with E-state index in [0.717, 1.165) is 6.42 Å². The van der Waals surface area contributed by atoms with Gasteiger partial charge in [-0.05, 0) is 19.6 Å². The molecule has 0 radical (unpaired) electrons. The number of ether oxygens (including phenoxy) is 1. The lowest BCUT2D eigenvalue weighted by molar-refractivity contribution is -0.114. The van der Waals surface area contributed by atoms with Crippen LogP contribution >= 0.6 is 11.8 Å². The number of nitrogens with zero attached hydrogens (tertiary/aromatic N) is 3. The predicted molar refractivity (Wildman–Crippen MR) is 96.1 cm³/mol. The summed E-state index contributed by atoms with van der Waals surface area (Å²) in [6, 6.07) is 0. The van der Waals surface area contributed by atoms with Crippen LogP contribution in [0, 0.1) is 0 Å². The molecule has 0 spiro atoms. The number of pyridine rings is 1. The predicted octanol–water partition coefficient (Wildman–Crippen LogP) is 2.06. The van der Waals surface area contributed by atoms with Crippen LogP contribution in [0.25, 0.3) is 11.0 Å². The van der Waals surface area contributed by atoms with E-state index in [1.54, 1.807) is 17.7 Å². The SMILES string of the molecule is CCCn1cc(C(=O)OCC)c(=O)c2c(NC(C)=O)nc(SC)nc21. The Morgan fingerprint density at radius 1 is 1.32 bits per heavy atom. The first-order chi connectivity index (χ1) is 11.9. The van der Waals surface area contributed by atoms with Crippen molar-refractivity contribution in [2.24, 2.45) is 0 Å². The lowest BCUT2D eigenvalue weighted by Crippen LogP contribution is -2.24. The number of amides is 1. The van der Waals surface area contributed by atoms with Crippen molar-refractivity contribution in [1.82, 2.24) is 14.5 Å². The van der Waals surface area contributed by atoms with Crippen LogP contribution in [0.15, 0.2) is 16.1 Å². The van der Waals surface area contributed by atoms with Gasteiger partial charge in [-0.15, -0.1) is 0 Å². The van der Waals surface area contributed by atoms with Gasteiger partial charge in [0, 0.05) is 19.7 Å². The number of rotatable bonds is 6. The molecule has 8 nitrogen and oxygen atoms in total. The highest BCUT2D eigenvalue weighted by Gasteiger charge is 2.21. The molecule has 2 rings (SSSR count). The molecule has 0 fully saturated rings. The third-order valence-electron chi connectivity index (χ3n) is 3.33. The van der Waals surface area contributed by atoms with Gasteiger partial charge in [0.25, 0.3) is 0 Å². The Hall–Kier alpha value is -2.42. The van der Waals surface area contributed by atoms with E-state index in [2.05, 4.69) is 15.3 Å². The molecule has 0 atom stereocenters. The highest BCUT2D eigenvalue weighted by Crippen LogP contribution is 2.22. The number of aromatic nitrogens is 3. The topological polar surface area (TPSA) is 103 Å². The Bertz CT molecular complexity index is 879. The van der Waals surface area contributed by atoms with Gasteiger partial charge in [-0.1, -0.05) is 18.7 Å². The standard InChI is InChI=1S/C16H20N4O4S/c1-5-7-20-8-10(15(23)24-6-2)12(22)11-13(17-9(3)21)18-16(25-4)19-14(11)20/h8H,5-7H2,1-4H3,(H,17,18,19,21). The monoisotopic (exact) mass is 364 g/mol. The Morgan fingerprint density at radius 2 is 2.04 bits per heavy atom. The maximum atomic E-state index is 12.9. The molecule has 2 heterocycles. The second kappa shape index (κ2) is 8.11. The summed E-state index contributed by atoms with van der Waals surface area (Å²) in [7, 11) is 0. The van der Waals surface area contributed by atoms with Crippen molar-refractivity contribution < 1.29 is 14.3 Å². The highest BCUT2D eigenvalue weighted by molar-refractivity contribution is 7.98. The van der Waals surface area contributed by atoms with Gasteiger partial charge >= 0.3 is 5.97 Å². The molecule has 2 aromatic heterocycles. The number of aryl methyl sites for hydroxylation is 1. The molecule has 0 aromatic carbocycles. The zero-order valence-corrected chi connectivity index (χ0v) is 15.4. The Kier molecular flexibility index (Phi) is 6.13. The third kappa shape index (κ3) is 3.98. The summed E-state index contributed by atoms with van der Waals surface area (Å²) in [6.45, 7) is 5.67. The van der Waals surface area contributed by atoms with Gasteiger partial charge in [-0.3, -0.25) is 9.59 Å². The fraction of sp³-hybridized carbons (Fsp3) is 0.438. The molecule has 0 aliphatic carbocycles. The van der Waals surface area contributed by atoms with Crippen LogP contribution in [0.2, 0.25) is 0 Å². The average Bonchev–Trinajstić information content (AvgIpc) is 2.56. The second-order valence-electron chi connectivity index (χ2n) is 5.22. The molecular weight excluding hydrogens is 344 g/mol. The minimum absolute atomic E-state index is 0.0999. The van der Waals surface area contributed by atoms with E-state index in [9.17, 15) is 14.4 Å². The maximum Gasteiger partial charge on any atom is 0.343 e. The third-order valence-corrected chi connectivity index (χ3v) is 3.88. The molecule has 0 unspecified atom stereocenters. The number of thioether (sulfide) groups is 1. The summed E-state index contributed by atoms with van der Waals surface area (Å²) in [4.78, 5) is 45.1. The zero-order chi connectivity index (χ0) is 18.6. The lowest BCUT2D eigenvalue weighted by Gasteiger charge is -2.14. The van der Waals surface area contributed by atoms with E-state index in [1.165, 1.54) is 24.9 Å². The molecule has 0 bridgehead atoms. The molecule has 0 saturated carbocycles. The summed E-state index contributed by atoms with van der Waals surface area (Å²) in [5, 5.41) is 3.09. The fourth-order valence-electron chi connectivity index (χ4n) is 2.37. The molecule has 9 heteroatoms. The van der Waals surface area contributed by atoms with E-state index in [0.29, 0.717) is 17.3 Å². The van der Waals surface area contributed by atoms with Crippen molar-refractivity contribution in [1.29, 1.82) is 0 Å². The smallest absolute Gasteiger partial charge is 0.343 e. The molecule has 0 aliphatic rings. The van der Waals surface area contributed by atoms with E-state index in [1.807, 2.05) is 6.92 Å². The Labute approximate surface area is 149 Å². The van der Waals surface area contributed by atoms with Gasteiger partial charge in [0.15, 0.2) is 16.6 Å². The van der Waals surface area contributed by atoms with Crippen LogP contribution in [-0.4, -0.2) is 39.3 Å². The van der Waals surface area contributed by atoms with Crippen LogP contribution in [0.4, 0.5) is 5.82 Å². The van der Waals surface area contributed by atoms with Gasteiger partial charge in [-0.25, -0.2) is 14.8 Å². The van der Waals surface area contributed by atoms with Gasteiger partial charge in [0.1, 0.15) is 10.9 Å². The second-order valence-corrected chi connectivity index (χ2v) is 6.00. The van der Waals surface area contributed by atoms with Gasteiger partial charge in [-0.2, -0.15) is 0 Å². The van der Waals surface area contributed by atoms with Crippen LogP contribution in [-0.2, 0) is 16.1 Å². The van der Waals surface area contributed by atoms with E-state index in [-0.39, 0.29) is 29.3 Å². The average molecular weight is 364 g/mol. The molecule has 0 aliphatic heterocycles. The van der Waals surface area contributed by atoms with Gasteiger partial charge < -0.3 is 14.6 Å². The van der Waals surface area contributed by atoms with Crippen LogP contribution < -0.4 is 10.7 Å². The number of fused-ring (bicyclic) bond motifs is 1. The van der Waals surface area contributed by atoms with E-state index in [4.69, 9.17) is 4.74 Å². The van der Waals surface area contributed by atoms with Gasteiger partial charge in [0.2, 0.25) is 11.3 Å². The summed E-state index contributed by atoms with van der Waals surface area (Å²) in [5.74, 6) is -0.972. The summed E-state index contributed by atoms with van der Waals surface area (Å²) < 4.78 is 6.69. The fourth-order valence-corrected chi connectivity index (χ4v) is 2.73. The largest absolute Gasteiger partial charge is 0.462 e. The van der Waals surface area contributed by atoms with Crippen molar-refractivity contribution in [2.45, 2.75) is 38.9 Å². The van der Waals surface area contributed by atoms with Gasteiger partial charge in [0.05, 0.1) is 6.61 Å². The summed E-state index contributed by atoms with van der Waals surface area (Å²) in [6.07, 6.45) is 4.03. The number of hydrogen-bond donors (Lipinski definition) is 1.